The summed E-state index contributed by atoms with van der Waals surface area (Å²) < 4.78 is 43.1. The molecule has 0 radical (unpaired) electrons. The van der Waals surface area contributed by atoms with Crippen molar-refractivity contribution in [1.82, 2.24) is 15.2 Å². The van der Waals surface area contributed by atoms with Crippen LogP contribution in [0, 0.1) is 0 Å². The molecular formula is C17H22F3N3O2. The number of likely N-dealkylation sites (tertiary alicyclic amines) is 1. The van der Waals surface area contributed by atoms with Gasteiger partial charge in [-0.2, -0.15) is 13.2 Å². The molecule has 1 saturated carbocycles. The molecule has 8 heteroatoms. The van der Waals surface area contributed by atoms with Crippen molar-refractivity contribution in [3.05, 3.63) is 29.6 Å². The van der Waals surface area contributed by atoms with E-state index in [1.165, 1.54) is 6.07 Å². The molecule has 1 N–H and O–H groups in total. The van der Waals surface area contributed by atoms with E-state index < -0.39 is 11.9 Å². The number of hydrogen-bond donors (Lipinski definition) is 1. The summed E-state index contributed by atoms with van der Waals surface area (Å²) in [6.07, 6.45) is 0.602. The van der Waals surface area contributed by atoms with Gasteiger partial charge in [0.2, 0.25) is 0 Å². The maximum absolute atomic E-state index is 12.6. The summed E-state index contributed by atoms with van der Waals surface area (Å²) in [5.41, 5.74) is -0.847. The lowest BCUT2D eigenvalue weighted by molar-refractivity contribution is -0.141. The highest BCUT2D eigenvalue weighted by molar-refractivity contribution is 5.94. The van der Waals surface area contributed by atoms with Crippen LogP contribution in [-0.4, -0.2) is 54.2 Å². The van der Waals surface area contributed by atoms with Gasteiger partial charge in [0.1, 0.15) is 5.69 Å². The van der Waals surface area contributed by atoms with Crippen LogP contribution in [0.2, 0.25) is 0 Å². The third kappa shape index (κ3) is 4.12. The first-order chi connectivity index (χ1) is 11.9. The average molecular weight is 357 g/mol. The molecule has 1 aromatic rings. The van der Waals surface area contributed by atoms with Crippen LogP contribution >= 0.6 is 0 Å². The molecule has 1 unspecified atom stereocenters. The molecule has 1 aliphatic carbocycles. The first-order valence-electron chi connectivity index (χ1n) is 8.49. The minimum Gasteiger partial charge on any atom is -0.380 e. The quantitative estimate of drug-likeness (QED) is 0.900. The summed E-state index contributed by atoms with van der Waals surface area (Å²) in [7, 11) is 1.71. The molecule has 1 saturated heterocycles. The highest BCUT2D eigenvalue weighted by atomic mass is 19.4. The molecule has 0 bridgehead atoms. The molecule has 2 heterocycles. The van der Waals surface area contributed by atoms with Crippen molar-refractivity contribution in [2.45, 2.75) is 50.0 Å². The van der Waals surface area contributed by atoms with Crippen LogP contribution in [0.3, 0.4) is 0 Å². The zero-order valence-electron chi connectivity index (χ0n) is 14.1. The molecule has 2 aliphatic rings. The van der Waals surface area contributed by atoms with Crippen LogP contribution in [-0.2, 0) is 10.9 Å². The van der Waals surface area contributed by atoms with Crippen LogP contribution in [0.1, 0.15) is 41.7 Å². The van der Waals surface area contributed by atoms with Gasteiger partial charge in [-0.3, -0.25) is 14.7 Å². The number of nitrogens with zero attached hydrogens (tertiary/aromatic N) is 2. The van der Waals surface area contributed by atoms with E-state index in [0.29, 0.717) is 0 Å². The van der Waals surface area contributed by atoms with Gasteiger partial charge in [-0.15, -0.1) is 0 Å². The normalized spacial score (nSPS) is 27.6. The number of nitrogens with one attached hydrogen (secondary N) is 1. The van der Waals surface area contributed by atoms with Gasteiger partial charge in [0.25, 0.3) is 5.91 Å². The first-order valence-corrected chi connectivity index (χ1v) is 8.49. The average Bonchev–Trinajstić information content (AvgIpc) is 3.22. The summed E-state index contributed by atoms with van der Waals surface area (Å²) in [6, 6.07) is 2.27. The number of ether oxygens (including phenoxy) is 1. The second-order valence-electron chi connectivity index (χ2n) is 6.65. The summed E-state index contributed by atoms with van der Waals surface area (Å²) in [6.45, 7) is 1.80. The Morgan fingerprint density at radius 3 is 2.72 bits per heavy atom. The van der Waals surface area contributed by atoms with E-state index in [1.54, 1.807) is 7.11 Å². The molecule has 138 valence electrons. The molecule has 2 fully saturated rings. The maximum Gasteiger partial charge on any atom is 0.433 e. The van der Waals surface area contributed by atoms with Crippen molar-refractivity contribution in [3.63, 3.8) is 0 Å². The van der Waals surface area contributed by atoms with Crippen molar-refractivity contribution in [2.24, 2.45) is 0 Å². The fourth-order valence-corrected chi connectivity index (χ4v) is 3.74. The summed E-state index contributed by atoms with van der Waals surface area (Å²) in [5.74, 6) is -0.374. The van der Waals surface area contributed by atoms with Crippen molar-refractivity contribution in [1.29, 1.82) is 0 Å². The molecule has 1 aromatic heterocycles. The summed E-state index contributed by atoms with van der Waals surface area (Å²) in [5, 5.41) is 2.97. The van der Waals surface area contributed by atoms with Gasteiger partial charge < -0.3 is 10.1 Å². The number of amides is 1. The maximum atomic E-state index is 12.6. The van der Waals surface area contributed by atoms with Gasteiger partial charge in [-0.1, -0.05) is 0 Å². The van der Waals surface area contributed by atoms with Gasteiger partial charge in [-0.25, -0.2) is 0 Å². The smallest absolute Gasteiger partial charge is 0.380 e. The molecule has 1 aliphatic heterocycles. The predicted molar refractivity (Wildman–Crippen MR) is 85.1 cm³/mol. The first kappa shape index (κ1) is 18.1. The highest BCUT2D eigenvalue weighted by Gasteiger charge is 2.37. The molecule has 3 rings (SSSR count). The van der Waals surface area contributed by atoms with Crippen LogP contribution in [0.25, 0.3) is 0 Å². The van der Waals surface area contributed by atoms with Gasteiger partial charge in [-0.05, 0) is 37.8 Å². The van der Waals surface area contributed by atoms with Gasteiger partial charge in [0.15, 0.2) is 0 Å². The van der Waals surface area contributed by atoms with Crippen LogP contribution < -0.4 is 5.32 Å². The third-order valence-electron chi connectivity index (χ3n) is 5.09. The Balaban J connectivity index is 1.62. The van der Waals surface area contributed by atoms with E-state index in [-0.39, 0.29) is 29.7 Å². The van der Waals surface area contributed by atoms with E-state index in [9.17, 15) is 18.0 Å². The molecule has 1 amide bonds. The highest BCUT2D eigenvalue weighted by Crippen LogP contribution is 2.29. The standard InChI is InChI=1S/C17H22F3N3O2/c1-25-12-7-8-23(10-12)14-4-2-3-13(14)22-16(24)11-5-6-15(21-9-11)17(18,19)20/h5-6,9,12-14H,2-4,7-8,10H2,1H3,(H,22,24)/t12?,13-,14+/m1/s1. The number of carbonyl (C=O) groups is 1. The van der Waals surface area contributed by atoms with E-state index in [4.69, 9.17) is 4.74 Å². The van der Waals surface area contributed by atoms with Gasteiger partial charge in [0, 0.05) is 38.5 Å². The molecule has 3 atom stereocenters. The lowest BCUT2D eigenvalue weighted by atomic mass is 10.1. The van der Waals surface area contributed by atoms with Crippen LogP contribution in [0.4, 0.5) is 13.2 Å². The van der Waals surface area contributed by atoms with Crippen molar-refractivity contribution < 1.29 is 22.7 Å². The lowest BCUT2D eigenvalue weighted by Gasteiger charge is -2.30. The van der Waals surface area contributed by atoms with E-state index in [2.05, 4.69) is 15.2 Å². The Morgan fingerprint density at radius 2 is 2.12 bits per heavy atom. The zero-order chi connectivity index (χ0) is 18.0. The predicted octanol–water partition coefficient (Wildman–Crippen LogP) is 2.47. The lowest BCUT2D eigenvalue weighted by Crippen LogP contribution is -2.48. The number of halogens is 3. The number of methoxy groups -OCH3 is 1. The Hall–Kier alpha value is -1.67. The Kier molecular flexibility index (Phi) is 5.29. The Labute approximate surface area is 144 Å². The second kappa shape index (κ2) is 7.29. The fourth-order valence-electron chi connectivity index (χ4n) is 3.74. The van der Waals surface area contributed by atoms with Crippen molar-refractivity contribution >= 4 is 5.91 Å². The number of rotatable bonds is 4. The molecule has 0 aromatic carbocycles. The van der Waals surface area contributed by atoms with E-state index in [0.717, 1.165) is 51.0 Å². The monoisotopic (exact) mass is 357 g/mol. The van der Waals surface area contributed by atoms with Crippen LogP contribution in [0.5, 0.6) is 0 Å². The van der Waals surface area contributed by atoms with Crippen molar-refractivity contribution in [3.8, 4) is 0 Å². The molecular weight excluding hydrogens is 335 g/mol. The van der Waals surface area contributed by atoms with E-state index >= 15 is 0 Å². The van der Waals surface area contributed by atoms with Gasteiger partial charge in [0.05, 0.1) is 11.7 Å². The minimum atomic E-state index is -4.50. The fraction of sp³-hybridized carbons (Fsp3) is 0.647. The molecule has 25 heavy (non-hydrogen) atoms. The summed E-state index contributed by atoms with van der Waals surface area (Å²) >= 11 is 0. The van der Waals surface area contributed by atoms with Gasteiger partial charge >= 0.3 is 6.18 Å². The number of alkyl halides is 3. The SMILES string of the molecule is COC1CCN([C@H]2CCC[C@H]2NC(=O)c2ccc(C(F)(F)F)nc2)C1. The molecule has 5 nitrogen and oxygen atoms in total. The minimum absolute atomic E-state index is 0.00500. The Bertz CT molecular complexity index is 606. The van der Waals surface area contributed by atoms with Crippen molar-refractivity contribution in [2.75, 3.05) is 20.2 Å². The number of aromatic nitrogens is 1. The third-order valence-corrected chi connectivity index (χ3v) is 5.09. The number of pyridine rings is 1. The Morgan fingerprint density at radius 1 is 1.32 bits per heavy atom. The zero-order valence-corrected chi connectivity index (χ0v) is 14.1. The topological polar surface area (TPSA) is 54.5 Å². The molecule has 0 spiro atoms. The van der Waals surface area contributed by atoms with E-state index in [1.807, 2.05) is 0 Å². The number of hydrogen-bond acceptors (Lipinski definition) is 4. The van der Waals surface area contributed by atoms with Crippen LogP contribution in [0.15, 0.2) is 18.3 Å². The summed E-state index contributed by atoms with van der Waals surface area (Å²) in [4.78, 5) is 18.1. The largest absolute Gasteiger partial charge is 0.433 e. The number of carbonyl (C=O) groups excluding carboxylic acids is 1. The second-order valence-corrected chi connectivity index (χ2v) is 6.65.